The van der Waals surface area contributed by atoms with Gasteiger partial charge in [0.15, 0.2) is 0 Å². The van der Waals surface area contributed by atoms with E-state index in [1.807, 2.05) is 31.4 Å². The molecular weight excluding hydrogens is 376 g/mol. The lowest BCUT2D eigenvalue weighted by atomic mass is 10.1. The molecule has 132 valence electrons. The summed E-state index contributed by atoms with van der Waals surface area (Å²) in [6.45, 7) is 3.83. The summed E-state index contributed by atoms with van der Waals surface area (Å²) in [5.74, 6) is 0.233. The quantitative estimate of drug-likeness (QED) is 0.846. The van der Waals surface area contributed by atoms with Gasteiger partial charge >= 0.3 is 0 Å². The standard InChI is InChI=1S/C18H19ClN2O2S2/c1-11(2)20-16(22)14-10-25-18(15-8-5-9-24-15)21(14)17(23)12-6-3-4-7-13(12)19/h3-9,11,14,18H,10H2,1-2H3,(H,20,22). The fraction of sp³-hybridized carbons (Fsp3) is 0.333. The number of carbonyl (C=O) groups excluding carboxylic acids is 2. The Kier molecular flexibility index (Phi) is 5.71. The van der Waals surface area contributed by atoms with E-state index in [4.69, 9.17) is 11.6 Å². The van der Waals surface area contributed by atoms with Crippen molar-refractivity contribution >= 4 is 46.5 Å². The van der Waals surface area contributed by atoms with Gasteiger partial charge in [0.25, 0.3) is 5.91 Å². The molecule has 2 atom stereocenters. The number of nitrogens with one attached hydrogen (secondary N) is 1. The van der Waals surface area contributed by atoms with Crippen LogP contribution >= 0.6 is 34.7 Å². The SMILES string of the molecule is CC(C)NC(=O)C1CSC(c2cccs2)N1C(=O)c1ccccc1Cl. The van der Waals surface area contributed by atoms with Gasteiger partial charge in [-0.2, -0.15) is 0 Å². The average Bonchev–Trinajstić information content (AvgIpc) is 3.23. The molecule has 3 rings (SSSR count). The highest BCUT2D eigenvalue weighted by atomic mass is 35.5. The third-order valence-electron chi connectivity index (χ3n) is 3.86. The van der Waals surface area contributed by atoms with Gasteiger partial charge in [-0.1, -0.05) is 29.8 Å². The van der Waals surface area contributed by atoms with Crippen LogP contribution in [0.1, 0.15) is 34.5 Å². The Balaban J connectivity index is 1.96. The highest BCUT2D eigenvalue weighted by Gasteiger charge is 2.43. The molecule has 25 heavy (non-hydrogen) atoms. The summed E-state index contributed by atoms with van der Waals surface area (Å²) in [4.78, 5) is 28.6. The normalized spacial score (nSPS) is 20.1. The molecule has 2 amide bonds. The summed E-state index contributed by atoms with van der Waals surface area (Å²) in [5.41, 5.74) is 0.426. The minimum atomic E-state index is -0.511. The molecule has 1 aromatic heterocycles. The fourth-order valence-electron chi connectivity index (χ4n) is 2.76. The van der Waals surface area contributed by atoms with Crippen LogP contribution in [0.4, 0.5) is 0 Å². The predicted molar refractivity (Wildman–Crippen MR) is 104 cm³/mol. The first-order valence-corrected chi connectivity index (χ1v) is 10.3. The van der Waals surface area contributed by atoms with E-state index in [1.54, 1.807) is 52.3 Å². The van der Waals surface area contributed by atoms with Crippen LogP contribution in [0, 0.1) is 0 Å². The van der Waals surface area contributed by atoms with Gasteiger partial charge in [0.05, 0.1) is 10.6 Å². The summed E-state index contributed by atoms with van der Waals surface area (Å²) in [6, 6.07) is 10.4. The number of hydrogen-bond donors (Lipinski definition) is 1. The molecule has 1 fully saturated rings. The van der Waals surface area contributed by atoms with Gasteiger partial charge in [0.2, 0.25) is 5.91 Å². The van der Waals surface area contributed by atoms with Crippen molar-refractivity contribution in [2.75, 3.05) is 5.75 Å². The summed E-state index contributed by atoms with van der Waals surface area (Å²) >= 11 is 9.43. The first-order chi connectivity index (χ1) is 12.0. The van der Waals surface area contributed by atoms with Gasteiger partial charge in [0.1, 0.15) is 11.4 Å². The van der Waals surface area contributed by atoms with Crippen LogP contribution in [0.3, 0.4) is 0 Å². The number of amides is 2. The molecule has 1 N–H and O–H groups in total. The van der Waals surface area contributed by atoms with Crippen molar-refractivity contribution in [3.63, 3.8) is 0 Å². The average molecular weight is 395 g/mol. The van der Waals surface area contributed by atoms with Crippen LogP contribution < -0.4 is 5.32 Å². The highest BCUT2D eigenvalue weighted by molar-refractivity contribution is 7.99. The van der Waals surface area contributed by atoms with Crippen LogP contribution in [0.15, 0.2) is 41.8 Å². The van der Waals surface area contributed by atoms with E-state index in [-0.39, 0.29) is 23.2 Å². The smallest absolute Gasteiger partial charge is 0.257 e. The number of halogens is 1. The molecule has 1 saturated heterocycles. The Hall–Kier alpha value is -1.50. The molecular formula is C18H19ClN2O2S2. The third-order valence-corrected chi connectivity index (χ3v) is 6.57. The van der Waals surface area contributed by atoms with E-state index >= 15 is 0 Å². The Bertz CT molecular complexity index is 764. The van der Waals surface area contributed by atoms with E-state index in [2.05, 4.69) is 5.32 Å². The van der Waals surface area contributed by atoms with Crippen molar-refractivity contribution in [1.29, 1.82) is 0 Å². The van der Waals surface area contributed by atoms with Crippen LogP contribution in [0.25, 0.3) is 0 Å². The Morgan fingerprint density at radius 1 is 1.24 bits per heavy atom. The molecule has 0 spiro atoms. The number of thiophene rings is 1. The summed E-state index contributed by atoms with van der Waals surface area (Å²) < 4.78 is 0. The largest absolute Gasteiger partial charge is 0.352 e. The molecule has 7 heteroatoms. The zero-order chi connectivity index (χ0) is 18.0. The van der Waals surface area contributed by atoms with Crippen molar-refractivity contribution in [1.82, 2.24) is 10.2 Å². The van der Waals surface area contributed by atoms with Crippen LogP contribution in [0.5, 0.6) is 0 Å². The Morgan fingerprint density at radius 2 is 2.00 bits per heavy atom. The van der Waals surface area contributed by atoms with Gasteiger partial charge in [-0.05, 0) is 37.4 Å². The molecule has 1 aliphatic heterocycles. The maximum atomic E-state index is 13.2. The third kappa shape index (κ3) is 3.86. The van der Waals surface area contributed by atoms with Crippen LogP contribution in [0.2, 0.25) is 5.02 Å². The number of thioether (sulfide) groups is 1. The second-order valence-corrected chi connectivity index (χ2v) is 8.57. The number of hydrogen-bond acceptors (Lipinski definition) is 4. The summed E-state index contributed by atoms with van der Waals surface area (Å²) in [7, 11) is 0. The Labute approximate surface area is 160 Å². The minimum absolute atomic E-state index is 0.0237. The fourth-order valence-corrected chi connectivity index (χ4v) is 5.37. The molecule has 0 aliphatic carbocycles. The number of rotatable bonds is 4. The maximum absolute atomic E-state index is 13.2. The summed E-state index contributed by atoms with van der Waals surface area (Å²) in [5, 5.41) is 5.13. The molecule has 0 radical (unpaired) electrons. The Morgan fingerprint density at radius 3 is 2.64 bits per heavy atom. The zero-order valence-electron chi connectivity index (χ0n) is 13.9. The molecule has 2 heterocycles. The number of benzene rings is 1. The lowest BCUT2D eigenvalue weighted by molar-refractivity contribution is -0.125. The molecule has 2 aromatic rings. The van der Waals surface area contributed by atoms with Gasteiger partial charge in [0, 0.05) is 16.7 Å². The van der Waals surface area contributed by atoms with Gasteiger partial charge in [-0.3, -0.25) is 9.59 Å². The van der Waals surface area contributed by atoms with Crippen molar-refractivity contribution in [2.45, 2.75) is 31.3 Å². The van der Waals surface area contributed by atoms with Crippen molar-refractivity contribution in [2.24, 2.45) is 0 Å². The molecule has 4 nitrogen and oxygen atoms in total. The van der Waals surface area contributed by atoms with E-state index in [9.17, 15) is 9.59 Å². The number of carbonyl (C=O) groups is 2. The van der Waals surface area contributed by atoms with E-state index in [0.717, 1.165) is 4.88 Å². The minimum Gasteiger partial charge on any atom is -0.352 e. The molecule has 1 aliphatic rings. The molecule has 0 saturated carbocycles. The van der Waals surface area contributed by atoms with Gasteiger partial charge < -0.3 is 10.2 Å². The topological polar surface area (TPSA) is 49.4 Å². The van der Waals surface area contributed by atoms with Crippen LogP contribution in [-0.2, 0) is 4.79 Å². The second kappa shape index (κ2) is 7.81. The molecule has 0 bridgehead atoms. The van der Waals surface area contributed by atoms with Crippen LogP contribution in [-0.4, -0.2) is 34.6 Å². The van der Waals surface area contributed by atoms with Crippen molar-refractivity contribution in [3.05, 3.63) is 57.2 Å². The van der Waals surface area contributed by atoms with Gasteiger partial charge in [-0.15, -0.1) is 23.1 Å². The first-order valence-electron chi connectivity index (χ1n) is 8.01. The monoisotopic (exact) mass is 394 g/mol. The zero-order valence-corrected chi connectivity index (χ0v) is 16.3. The van der Waals surface area contributed by atoms with Crippen molar-refractivity contribution in [3.8, 4) is 0 Å². The number of nitrogens with zero attached hydrogens (tertiary/aromatic N) is 1. The predicted octanol–water partition coefficient (Wildman–Crippen LogP) is 4.18. The van der Waals surface area contributed by atoms with E-state index in [1.165, 1.54) is 0 Å². The molecule has 2 unspecified atom stereocenters. The van der Waals surface area contributed by atoms with E-state index < -0.39 is 6.04 Å². The lowest BCUT2D eigenvalue weighted by Gasteiger charge is -2.29. The molecule has 1 aromatic carbocycles. The van der Waals surface area contributed by atoms with E-state index in [0.29, 0.717) is 16.3 Å². The lowest BCUT2D eigenvalue weighted by Crippen LogP contribution is -2.49. The first kappa shape index (κ1) is 18.3. The van der Waals surface area contributed by atoms with Gasteiger partial charge in [-0.25, -0.2) is 0 Å². The maximum Gasteiger partial charge on any atom is 0.257 e. The second-order valence-electron chi connectivity index (χ2n) is 6.07. The highest BCUT2D eigenvalue weighted by Crippen LogP contribution is 2.44. The van der Waals surface area contributed by atoms with Crippen molar-refractivity contribution < 1.29 is 9.59 Å². The summed E-state index contributed by atoms with van der Waals surface area (Å²) in [6.07, 6.45) is 0.